The van der Waals surface area contributed by atoms with Gasteiger partial charge in [0, 0.05) is 5.66 Å². The second-order valence-corrected chi connectivity index (χ2v) is 6.59. The highest BCUT2D eigenvalue weighted by Gasteiger charge is 2.29. The first-order valence-electron chi connectivity index (χ1n) is 4.49. The molecule has 0 aromatic rings. The number of rotatable bonds is 2. The van der Waals surface area contributed by atoms with Gasteiger partial charge in [-0.15, -0.1) is 0 Å². The van der Waals surface area contributed by atoms with Gasteiger partial charge in [0.25, 0.3) is 0 Å². The Morgan fingerprint density at radius 1 is 1.08 bits per heavy atom. The average molecular weight is 188 g/mol. The predicted octanol–water partition coefficient (Wildman–Crippen LogP) is 4.13. The topological polar surface area (TPSA) is 17.1 Å². The molecule has 1 atom stereocenters. The van der Waals surface area contributed by atoms with E-state index < -0.39 is 0 Å². The van der Waals surface area contributed by atoms with Crippen LogP contribution in [0.25, 0.3) is 0 Å². The van der Waals surface area contributed by atoms with Crippen molar-refractivity contribution >= 4 is 8.46 Å². The van der Waals surface area contributed by atoms with Gasteiger partial charge in [-0.2, -0.15) is 0 Å². The molecule has 0 aromatic carbocycles. The summed E-state index contributed by atoms with van der Waals surface area (Å²) in [6, 6.07) is 0. The number of hydrogen-bond acceptors (Lipinski definition) is 1. The fourth-order valence-electron chi connectivity index (χ4n) is 1.08. The maximum atomic E-state index is 10.9. The molecule has 0 bridgehead atoms. The van der Waals surface area contributed by atoms with Gasteiger partial charge in [0.15, 0.2) is 8.46 Å². The van der Waals surface area contributed by atoms with Gasteiger partial charge in [-0.05, 0) is 17.3 Å². The molecule has 0 N–H and O–H groups in total. The minimum atomic E-state index is 0.149. The van der Waals surface area contributed by atoms with Crippen molar-refractivity contribution in [2.24, 2.45) is 10.8 Å². The van der Waals surface area contributed by atoms with Crippen LogP contribution in [0, 0.1) is 10.8 Å². The monoisotopic (exact) mass is 188 g/mol. The van der Waals surface area contributed by atoms with Crippen molar-refractivity contribution in [2.75, 3.05) is 0 Å². The quantitative estimate of drug-likeness (QED) is 0.595. The van der Waals surface area contributed by atoms with Gasteiger partial charge in [-0.3, -0.25) is 4.57 Å². The summed E-state index contributed by atoms with van der Waals surface area (Å²) in [7, 11) is 0.289. The van der Waals surface area contributed by atoms with Crippen molar-refractivity contribution in [3.05, 3.63) is 0 Å². The lowest BCUT2D eigenvalue weighted by molar-refractivity contribution is 0.281. The van der Waals surface area contributed by atoms with Crippen LogP contribution in [-0.2, 0) is 4.57 Å². The van der Waals surface area contributed by atoms with E-state index in [-0.39, 0.29) is 24.9 Å². The van der Waals surface area contributed by atoms with Gasteiger partial charge in [0.05, 0.1) is 0 Å². The molecular weight excluding hydrogens is 167 g/mol. The largest absolute Gasteiger partial charge is 0.275 e. The lowest BCUT2D eigenvalue weighted by Gasteiger charge is -2.30. The molecule has 0 amide bonds. The Morgan fingerprint density at radius 2 is 1.50 bits per heavy atom. The van der Waals surface area contributed by atoms with Gasteiger partial charge >= 0.3 is 0 Å². The summed E-state index contributed by atoms with van der Waals surface area (Å²) in [5.41, 5.74) is 0.698. The van der Waals surface area contributed by atoms with Crippen LogP contribution in [0.15, 0.2) is 0 Å². The summed E-state index contributed by atoms with van der Waals surface area (Å²) in [6.07, 6.45) is 1.02. The Balaban J connectivity index is 4.30. The van der Waals surface area contributed by atoms with Crippen LogP contribution in [0.4, 0.5) is 0 Å². The van der Waals surface area contributed by atoms with Gasteiger partial charge in [0.1, 0.15) is 0 Å². The van der Waals surface area contributed by atoms with Crippen molar-refractivity contribution in [2.45, 2.75) is 53.6 Å². The summed E-state index contributed by atoms with van der Waals surface area (Å²) in [5, 5.41) is 0. The SMILES string of the molecule is CC(C)(C)CC(P=O)C(C)(C)C. The maximum Gasteiger partial charge on any atom is 0.159 e. The minimum absolute atomic E-state index is 0.149. The molecule has 0 fully saturated rings. The lowest BCUT2D eigenvalue weighted by Crippen LogP contribution is -2.25. The fourth-order valence-corrected chi connectivity index (χ4v) is 2.02. The standard InChI is InChI=1S/C10H21OP/c1-9(2,3)7-8(12-11)10(4,5)6/h8H,7H2,1-6H3. The van der Waals surface area contributed by atoms with Gasteiger partial charge < -0.3 is 0 Å². The molecule has 0 aromatic heterocycles. The zero-order valence-electron chi connectivity index (χ0n) is 9.14. The van der Waals surface area contributed by atoms with Crippen molar-refractivity contribution in [3.63, 3.8) is 0 Å². The molecule has 0 radical (unpaired) electrons. The second-order valence-electron chi connectivity index (χ2n) is 5.75. The van der Waals surface area contributed by atoms with Crippen LogP contribution in [0.3, 0.4) is 0 Å². The van der Waals surface area contributed by atoms with Crippen molar-refractivity contribution in [1.29, 1.82) is 0 Å². The molecule has 0 aliphatic rings. The third-order valence-corrected chi connectivity index (χ3v) is 3.14. The average Bonchev–Trinajstić information content (AvgIpc) is 1.78. The van der Waals surface area contributed by atoms with Gasteiger partial charge in [-0.1, -0.05) is 41.5 Å². The van der Waals surface area contributed by atoms with E-state index >= 15 is 0 Å². The molecule has 1 nitrogen and oxygen atoms in total. The van der Waals surface area contributed by atoms with Crippen molar-refractivity contribution < 1.29 is 4.57 Å². The maximum absolute atomic E-state index is 10.9. The Bertz CT molecular complexity index is 150. The fraction of sp³-hybridized carbons (Fsp3) is 1.00. The van der Waals surface area contributed by atoms with E-state index in [1.54, 1.807) is 0 Å². The Hall–Kier alpha value is 0.100. The van der Waals surface area contributed by atoms with Crippen molar-refractivity contribution in [3.8, 4) is 0 Å². The van der Waals surface area contributed by atoms with Crippen LogP contribution < -0.4 is 0 Å². The third-order valence-electron chi connectivity index (χ3n) is 1.93. The van der Waals surface area contributed by atoms with Gasteiger partial charge in [-0.25, -0.2) is 0 Å². The van der Waals surface area contributed by atoms with E-state index in [1.165, 1.54) is 0 Å². The molecule has 0 saturated heterocycles. The molecule has 0 heterocycles. The molecule has 12 heavy (non-hydrogen) atoms. The molecule has 0 rings (SSSR count). The first-order chi connectivity index (χ1) is 5.17. The van der Waals surface area contributed by atoms with Crippen LogP contribution >= 0.6 is 8.46 Å². The summed E-state index contributed by atoms with van der Waals surface area (Å²) in [5.74, 6) is 0. The first kappa shape index (κ1) is 12.1. The van der Waals surface area contributed by atoms with E-state index in [2.05, 4.69) is 41.5 Å². The zero-order chi connectivity index (χ0) is 9.99. The Morgan fingerprint density at radius 3 is 1.58 bits per heavy atom. The van der Waals surface area contributed by atoms with E-state index in [0.717, 1.165) is 6.42 Å². The number of hydrogen-bond donors (Lipinski definition) is 0. The summed E-state index contributed by atoms with van der Waals surface area (Å²) in [4.78, 5) is 0. The molecule has 1 unspecified atom stereocenters. The van der Waals surface area contributed by atoms with Crippen LogP contribution in [0.1, 0.15) is 48.0 Å². The molecule has 0 saturated carbocycles. The van der Waals surface area contributed by atoms with Crippen LogP contribution in [0.5, 0.6) is 0 Å². The van der Waals surface area contributed by atoms with Gasteiger partial charge in [0.2, 0.25) is 0 Å². The molecule has 0 spiro atoms. The smallest absolute Gasteiger partial charge is 0.159 e. The van der Waals surface area contributed by atoms with E-state index in [9.17, 15) is 4.57 Å². The molecule has 72 valence electrons. The normalized spacial score (nSPS) is 16.5. The summed E-state index contributed by atoms with van der Waals surface area (Å²) in [6.45, 7) is 13.0. The Kier molecular flexibility index (Phi) is 3.90. The highest BCUT2D eigenvalue weighted by Crippen LogP contribution is 2.37. The molecule has 0 aliphatic carbocycles. The van der Waals surface area contributed by atoms with E-state index in [1.807, 2.05) is 0 Å². The molecule has 0 aliphatic heterocycles. The Labute approximate surface area is 78.1 Å². The summed E-state index contributed by atoms with van der Waals surface area (Å²) < 4.78 is 10.9. The van der Waals surface area contributed by atoms with E-state index in [0.29, 0.717) is 0 Å². The second kappa shape index (κ2) is 3.87. The van der Waals surface area contributed by atoms with Crippen molar-refractivity contribution in [1.82, 2.24) is 0 Å². The highest BCUT2D eigenvalue weighted by atomic mass is 31.1. The third kappa shape index (κ3) is 4.87. The molecule has 2 heteroatoms. The summed E-state index contributed by atoms with van der Waals surface area (Å²) >= 11 is 0. The predicted molar refractivity (Wildman–Crippen MR) is 54.9 cm³/mol. The highest BCUT2D eigenvalue weighted by molar-refractivity contribution is 7.24. The first-order valence-corrected chi connectivity index (χ1v) is 5.37. The van der Waals surface area contributed by atoms with Crippen LogP contribution in [-0.4, -0.2) is 5.66 Å². The molecular formula is C10H21OP. The van der Waals surface area contributed by atoms with Crippen LogP contribution in [0.2, 0.25) is 0 Å². The lowest BCUT2D eigenvalue weighted by atomic mass is 9.81. The van der Waals surface area contributed by atoms with E-state index in [4.69, 9.17) is 0 Å². The minimum Gasteiger partial charge on any atom is -0.275 e. The zero-order valence-corrected chi connectivity index (χ0v) is 10.0.